The van der Waals surface area contributed by atoms with Crippen LogP contribution in [0, 0.1) is 0 Å². The van der Waals surface area contributed by atoms with E-state index in [4.69, 9.17) is 21.8 Å². The Morgan fingerprint density at radius 3 is 1.75 bits per heavy atom. The SMILES string of the molecule is C=C(C)C(=O)O.O=C(O)C=CCl. The molecule has 2 N–H and O–H groups in total. The van der Waals surface area contributed by atoms with Gasteiger partial charge in [-0.3, -0.25) is 0 Å². The number of carboxylic acids is 2. The molecule has 12 heavy (non-hydrogen) atoms. The van der Waals surface area contributed by atoms with Crippen molar-refractivity contribution >= 4 is 23.5 Å². The van der Waals surface area contributed by atoms with Crippen molar-refractivity contribution in [2.24, 2.45) is 0 Å². The third-order valence-corrected chi connectivity index (χ3v) is 0.697. The predicted octanol–water partition coefficient (Wildman–Crippen LogP) is 1.47. The molecule has 0 aliphatic rings. The van der Waals surface area contributed by atoms with E-state index in [1.165, 1.54) is 6.92 Å². The van der Waals surface area contributed by atoms with E-state index >= 15 is 0 Å². The fraction of sp³-hybridized carbons (Fsp3) is 0.143. The van der Waals surface area contributed by atoms with Crippen molar-refractivity contribution in [2.45, 2.75) is 6.92 Å². The second-order valence-electron chi connectivity index (χ2n) is 1.72. The molecule has 4 nitrogen and oxygen atoms in total. The average molecular weight is 193 g/mol. The van der Waals surface area contributed by atoms with Gasteiger partial charge in [0, 0.05) is 17.2 Å². The molecule has 68 valence electrons. The summed E-state index contributed by atoms with van der Waals surface area (Å²) >= 11 is 4.84. The number of hydrogen-bond acceptors (Lipinski definition) is 2. The molecule has 0 aromatic carbocycles. The maximum absolute atomic E-state index is 9.60. The fourth-order valence-corrected chi connectivity index (χ4v) is 0.162. The second kappa shape index (κ2) is 7.81. The minimum Gasteiger partial charge on any atom is -0.478 e. The van der Waals surface area contributed by atoms with Crippen LogP contribution in [0.15, 0.2) is 23.8 Å². The molecule has 0 atom stereocenters. The van der Waals surface area contributed by atoms with Gasteiger partial charge < -0.3 is 10.2 Å². The minimum absolute atomic E-state index is 0.176. The first-order chi connectivity index (χ1) is 5.41. The maximum Gasteiger partial charge on any atom is 0.330 e. The molecule has 0 saturated heterocycles. The summed E-state index contributed by atoms with van der Waals surface area (Å²) in [6.45, 7) is 4.60. The molecule has 0 radical (unpaired) electrons. The zero-order chi connectivity index (χ0) is 10.1. The van der Waals surface area contributed by atoms with Crippen LogP contribution < -0.4 is 0 Å². The summed E-state index contributed by atoms with van der Waals surface area (Å²) in [5.41, 5.74) is 1.12. The van der Waals surface area contributed by atoms with Gasteiger partial charge >= 0.3 is 11.9 Å². The van der Waals surface area contributed by atoms with Crippen LogP contribution in [0.5, 0.6) is 0 Å². The molecule has 0 aromatic heterocycles. The van der Waals surface area contributed by atoms with Crippen LogP contribution >= 0.6 is 11.6 Å². The average Bonchev–Trinajstić information content (AvgIpc) is 1.87. The van der Waals surface area contributed by atoms with E-state index in [2.05, 4.69) is 6.58 Å². The quantitative estimate of drug-likeness (QED) is 0.650. The summed E-state index contributed by atoms with van der Waals surface area (Å²) in [7, 11) is 0. The first-order valence-electron chi connectivity index (χ1n) is 2.80. The van der Waals surface area contributed by atoms with Gasteiger partial charge in [-0.25, -0.2) is 9.59 Å². The van der Waals surface area contributed by atoms with Gasteiger partial charge in [0.05, 0.1) is 0 Å². The molecule has 5 heteroatoms. The number of aliphatic carboxylic acids is 2. The predicted molar refractivity (Wildman–Crippen MR) is 45.1 cm³/mol. The number of carboxylic acid groups (broad SMARTS) is 2. The molecule has 0 unspecified atom stereocenters. The Hall–Kier alpha value is -1.29. The second-order valence-corrected chi connectivity index (χ2v) is 1.97. The van der Waals surface area contributed by atoms with E-state index in [-0.39, 0.29) is 5.57 Å². The van der Waals surface area contributed by atoms with E-state index in [9.17, 15) is 9.59 Å². The van der Waals surface area contributed by atoms with Crippen LogP contribution in [0.2, 0.25) is 0 Å². The van der Waals surface area contributed by atoms with Gasteiger partial charge in [0.2, 0.25) is 0 Å². The van der Waals surface area contributed by atoms with Gasteiger partial charge in [-0.2, -0.15) is 0 Å². The molecule has 0 spiro atoms. The van der Waals surface area contributed by atoms with Crippen LogP contribution in [-0.4, -0.2) is 22.2 Å². The van der Waals surface area contributed by atoms with Crippen molar-refractivity contribution in [3.05, 3.63) is 23.8 Å². The van der Waals surface area contributed by atoms with E-state index < -0.39 is 11.9 Å². The Morgan fingerprint density at radius 1 is 1.42 bits per heavy atom. The summed E-state index contributed by atoms with van der Waals surface area (Å²) in [5, 5.41) is 15.6. The molecule has 0 fully saturated rings. The topological polar surface area (TPSA) is 74.6 Å². The Kier molecular flexibility index (Phi) is 8.67. The third-order valence-electron chi connectivity index (χ3n) is 0.571. The third kappa shape index (κ3) is 15.9. The molecule has 0 rings (SSSR count). The van der Waals surface area contributed by atoms with Gasteiger partial charge in [0.15, 0.2) is 0 Å². The smallest absolute Gasteiger partial charge is 0.330 e. The molecular formula is C7H9ClO4. The summed E-state index contributed by atoms with van der Waals surface area (Å²) in [5.74, 6) is -1.96. The van der Waals surface area contributed by atoms with Gasteiger partial charge in [-0.1, -0.05) is 18.2 Å². The van der Waals surface area contributed by atoms with Crippen LogP contribution in [0.3, 0.4) is 0 Å². The van der Waals surface area contributed by atoms with Crippen LogP contribution in [0.25, 0.3) is 0 Å². The standard InChI is InChI=1S/C4H6O2.C3H3ClO2/c1-3(2)4(5)6;4-2-1-3(5)6/h1H2,2H3,(H,5,6);1-2H,(H,5,6). The van der Waals surface area contributed by atoms with Crippen LogP contribution in [-0.2, 0) is 9.59 Å². The molecule has 0 bridgehead atoms. The molecule has 0 heterocycles. The van der Waals surface area contributed by atoms with Gasteiger partial charge in [-0.05, 0) is 6.92 Å². The molecule has 0 aromatic rings. The van der Waals surface area contributed by atoms with Crippen molar-refractivity contribution < 1.29 is 19.8 Å². The lowest BCUT2D eigenvalue weighted by Crippen LogP contribution is -1.92. The minimum atomic E-state index is -1.02. The highest BCUT2D eigenvalue weighted by atomic mass is 35.5. The molecule has 0 aliphatic heterocycles. The van der Waals surface area contributed by atoms with Crippen molar-refractivity contribution in [3.8, 4) is 0 Å². The Labute approximate surface area is 74.8 Å². The van der Waals surface area contributed by atoms with E-state index in [0.717, 1.165) is 11.6 Å². The Morgan fingerprint density at radius 2 is 1.75 bits per heavy atom. The molecule has 0 aliphatic carbocycles. The van der Waals surface area contributed by atoms with Gasteiger partial charge in [0.25, 0.3) is 0 Å². The molecule has 0 amide bonds. The van der Waals surface area contributed by atoms with E-state index in [1.807, 2.05) is 0 Å². The Balaban J connectivity index is 0. The number of hydrogen-bond donors (Lipinski definition) is 2. The summed E-state index contributed by atoms with van der Waals surface area (Å²) < 4.78 is 0. The van der Waals surface area contributed by atoms with Gasteiger partial charge in [-0.15, -0.1) is 0 Å². The lowest BCUT2D eigenvalue weighted by molar-refractivity contribution is -0.133. The Bertz CT molecular complexity index is 195. The summed E-state index contributed by atoms with van der Waals surface area (Å²) in [6.07, 6.45) is 0.849. The first-order valence-corrected chi connectivity index (χ1v) is 3.24. The largest absolute Gasteiger partial charge is 0.478 e. The number of carbonyl (C=O) groups is 2. The highest BCUT2D eigenvalue weighted by Gasteiger charge is 1.90. The first kappa shape index (κ1) is 13.3. The zero-order valence-electron chi connectivity index (χ0n) is 6.45. The van der Waals surface area contributed by atoms with Crippen molar-refractivity contribution in [3.63, 3.8) is 0 Å². The lowest BCUT2D eigenvalue weighted by atomic mass is 10.4. The zero-order valence-corrected chi connectivity index (χ0v) is 7.21. The highest BCUT2D eigenvalue weighted by molar-refractivity contribution is 6.26. The monoisotopic (exact) mass is 192 g/mol. The normalized spacial score (nSPS) is 8.50. The lowest BCUT2D eigenvalue weighted by Gasteiger charge is -1.79. The number of rotatable bonds is 2. The maximum atomic E-state index is 9.60. The highest BCUT2D eigenvalue weighted by Crippen LogP contribution is 1.81. The van der Waals surface area contributed by atoms with E-state index in [1.54, 1.807) is 0 Å². The van der Waals surface area contributed by atoms with E-state index in [0.29, 0.717) is 0 Å². The molecular weight excluding hydrogens is 184 g/mol. The number of halogens is 1. The van der Waals surface area contributed by atoms with Crippen molar-refractivity contribution in [2.75, 3.05) is 0 Å². The van der Waals surface area contributed by atoms with Crippen LogP contribution in [0.1, 0.15) is 6.92 Å². The van der Waals surface area contributed by atoms with Crippen molar-refractivity contribution in [1.29, 1.82) is 0 Å². The fourth-order valence-electron chi connectivity index (χ4n) is 0.0539. The van der Waals surface area contributed by atoms with Crippen LogP contribution in [0.4, 0.5) is 0 Å². The molecule has 0 saturated carbocycles. The summed E-state index contributed by atoms with van der Waals surface area (Å²) in [4.78, 5) is 19.0. The summed E-state index contributed by atoms with van der Waals surface area (Å²) in [6, 6.07) is 0. The van der Waals surface area contributed by atoms with Crippen molar-refractivity contribution in [1.82, 2.24) is 0 Å². The van der Waals surface area contributed by atoms with Gasteiger partial charge in [0.1, 0.15) is 0 Å².